The molecule has 2 heterocycles. The van der Waals surface area contributed by atoms with Crippen molar-refractivity contribution in [3.8, 4) is 44.5 Å². The Morgan fingerprint density at radius 2 is 0.929 bits per heavy atom. The normalized spacial score (nSPS) is 15.3. The van der Waals surface area contributed by atoms with Gasteiger partial charge in [0, 0.05) is 60.3 Å². The number of benzene rings is 9. The fraction of sp³-hybridized carbons (Fsp3) is 0.194. The van der Waals surface area contributed by atoms with Crippen LogP contribution in [-0.4, -0.2) is 0 Å². The number of fused-ring (bicyclic) bond motifs is 19. The highest BCUT2D eigenvalue weighted by atomic mass is 16.3. The summed E-state index contributed by atoms with van der Waals surface area (Å²) in [5.41, 5.74) is 29.6. The molecule has 0 radical (unpaired) electrons. The van der Waals surface area contributed by atoms with Crippen molar-refractivity contribution in [3.63, 3.8) is 0 Å². The molecule has 3 aliphatic rings. The van der Waals surface area contributed by atoms with Crippen molar-refractivity contribution < 1.29 is 8.83 Å². The van der Waals surface area contributed by atoms with E-state index in [2.05, 4.69) is 226 Å². The Bertz CT molecular complexity index is 4120. The number of anilines is 3. The van der Waals surface area contributed by atoms with E-state index in [1.807, 2.05) is 0 Å². The summed E-state index contributed by atoms with van der Waals surface area (Å²) in [6.07, 6.45) is 0. The van der Waals surface area contributed by atoms with Crippen molar-refractivity contribution in [1.82, 2.24) is 0 Å². The molecule has 2 aromatic heterocycles. The Hall–Kier alpha value is -7.62. The van der Waals surface area contributed by atoms with E-state index >= 15 is 0 Å². The highest BCUT2D eigenvalue weighted by Gasteiger charge is 2.49. The molecular formula is C67H55NO2. The average molecular weight is 906 g/mol. The minimum absolute atomic E-state index is 0.212. The zero-order valence-corrected chi connectivity index (χ0v) is 41.7. The van der Waals surface area contributed by atoms with E-state index in [0.29, 0.717) is 0 Å². The van der Waals surface area contributed by atoms with Crippen LogP contribution in [0.4, 0.5) is 17.1 Å². The Balaban J connectivity index is 1.00. The van der Waals surface area contributed by atoms with E-state index in [-0.39, 0.29) is 16.2 Å². The summed E-state index contributed by atoms with van der Waals surface area (Å²) in [4.78, 5) is 2.55. The fourth-order valence-electron chi connectivity index (χ4n) is 13.8. The molecule has 0 saturated carbocycles. The molecule has 3 heteroatoms. The molecule has 0 saturated heterocycles. The molecule has 9 aromatic carbocycles. The third-order valence-electron chi connectivity index (χ3n) is 16.9. The molecule has 0 aliphatic heterocycles. The molecule has 3 aliphatic carbocycles. The maximum Gasteiger partial charge on any atom is 0.144 e. The summed E-state index contributed by atoms with van der Waals surface area (Å²) in [6, 6.07) is 56.7. The summed E-state index contributed by atoms with van der Waals surface area (Å²) >= 11 is 0. The lowest BCUT2D eigenvalue weighted by Crippen LogP contribution is -2.24. The molecule has 340 valence electrons. The highest BCUT2D eigenvalue weighted by Crippen LogP contribution is 2.64. The summed E-state index contributed by atoms with van der Waals surface area (Å²) in [7, 11) is 0. The van der Waals surface area contributed by atoms with Crippen molar-refractivity contribution in [2.45, 2.75) is 85.5 Å². The second-order valence-electron chi connectivity index (χ2n) is 22.3. The molecule has 0 bridgehead atoms. The van der Waals surface area contributed by atoms with E-state index in [9.17, 15) is 0 Å². The first-order valence-electron chi connectivity index (χ1n) is 25.0. The van der Waals surface area contributed by atoms with Gasteiger partial charge < -0.3 is 13.7 Å². The van der Waals surface area contributed by atoms with Crippen LogP contribution in [0.25, 0.3) is 88.4 Å². The van der Waals surface area contributed by atoms with Crippen molar-refractivity contribution in [2.24, 2.45) is 0 Å². The van der Waals surface area contributed by atoms with Gasteiger partial charge in [-0.15, -0.1) is 0 Å². The lowest BCUT2D eigenvalue weighted by molar-refractivity contribution is 0.600. The molecule has 0 unspecified atom stereocenters. The third kappa shape index (κ3) is 5.25. The first kappa shape index (κ1) is 41.4. The van der Waals surface area contributed by atoms with Crippen molar-refractivity contribution in [1.29, 1.82) is 0 Å². The molecule has 0 spiro atoms. The van der Waals surface area contributed by atoms with Crippen molar-refractivity contribution in [3.05, 3.63) is 207 Å². The zero-order valence-electron chi connectivity index (χ0n) is 41.7. The van der Waals surface area contributed by atoms with Crippen LogP contribution in [-0.2, 0) is 16.2 Å². The lowest BCUT2D eigenvalue weighted by atomic mass is 9.72. The Labute approximate surface area is 410 Å². The Morgan fingerprint density at radius 3 is 1.60 bits per heavy atom. The van der Waals surface area contributed by atoms with Gasteiger partial charge >= 0.3 is 0 Å². The molecule has 3 nitrogen and oxygen atoms in total. The first-order valence-corrected chi connectivity index (χ1v) is 25.0. The van der Waals surface area contributed by atoms with Gasteiger partial charge in [0.05, 0.1) is 5.69 Å². The van der Waals surface area contributed by atoms with Crippen LogP contribution in [0.1, 0.15) is 97.2 Å². The van der Waals surface area contributed by atoms with Gasteiger partial charge in [0.1, 0.15) is 22.3 Å². The van der Waals surface area contributed by atoms with Crippen LogP contribution < -0.4 is 4.90 Å². The van der Waals surface area contributed by atoms with Crippen molar-refractivity contribution >= 4 is 60.9 Å². The van der Waals surface area contributed by atoms with Crippen molar-refractivity contribution in [2.75, 3.05) is 4.90 Å². The lowest BCUT2D eigenvalue weighted by Gasteiger charge is -2.33. The van der Waals surface area contributed by atoms with Crippen LogP contribution in [0.2, 0.25) is 0 Å². The van der Waals surface area contributed by atoms with E-state index in [1.165, 1.54) is 116 Å². The number of para-hydroxylation sites is 2. The van der Waals surface area contributed by atoms with Gasteiger partial charge in [0.25, 0.3) is 0 Å². The smallest absolute Gasteiger partial charge is 0.144 e. The van der Waals surface area contributed by atoms with Gasteiger partial charge in [-0.25, -0.2) is 0 Å². The number of hydrogen-bond donors (Lipinski definition) is 0. The van der Waals surface area contributed by atoms with Gasteiger partial charge in [0.15, 0.2) is 0 Å². The number of aryl methyl sites for hydroxylation is 4. The molecular weight excluding hydrogens is 851 g/mol. The monoisotopic (exact) mass is 905 g/mol. The predicted molar refractivity (Wildman–Crippen MR) is 293 cm³/mol. The van der Waals surface area contributed by atoms with Gasteiger partial charge in [-0.2, -0.15) is 0 Å². The predicted octanol–water partition coefficient (Wildman–Crippen LogP) is 18.8. The number of nitrogens with zero attached hydrogens (tertiary/aromatic N) is 1. The minimum Gasteiger partial charge on any atom is -0.455 e. The zero-order chi connectivity index (χ0) is 47.9. The molecule has 14 rings (SSSR count). The van der Waals surface area contributed by atoms with Crippen LogP contribution in [0.5, 0.6) is 0 Å². The van der Waals surface area contributed by atoms with Crippen LogP contribution in [0.15, 0.2) is 160 Å². The van der Waals surface area contributed by atoms with Gasteiger partial charge in [0.2, 0.25) is 0 Å². The summed E-state index contributed by atoms with van der Waals surface area (Å²) in [5.74, 6) is 0. The maximum atomic E-state index is 7.07. The second-order valence-corrected chi connectivity index (χ2v) is 22.3. The van der Waals surface area contributed by atoms with E-state index in [1.54, 1.807) is 0 Å². The standard InChI is InChI=1S/C67H55NO2/c1-36-18-17-19-40(32-36)48-35-52-55(57-46-21-12-15-24-53(46)69-63(48)57)44-28-26-41(33-50(44)65(52,5)6)68(62-38(3)30-37(2)31-39(62)4)42-27-29-45-51(34-42)67(9,10)61-59(45)64-58(47-22-13-16-25-54(47)70-64)56-43-20-11-14-23-49(43)66(7,8)60(56)61/h11-35H,1-10H3. The van der Waals surface area contributed by atoms with Crippen LogP contribution in [0, 0.1) is 27.7 Å². The molecule has 0 fully saturated rings. The molecule has 0 atom stereocenters. The van der Waals surface area contributed by atoms with Crippen LogP contribution >= 0.6 is 0 Å². The van der Waals surface area contributed by atoms with Crippen LogP contribution in [0.3, 0.4) is 0 Å². The molecule has 11 aromatic rings. The number of furan rings is 2. The Morgan fingerprint density at radius 1 is 0.386 bits per heavy atom. The summed E-state index contributed by atoms with van der Waals surface area (Å²) < 4.78 is 13.9. The summed E-state index contributed by atoms with van der Waals surface area (Å²) in [6.45, 7) is 23.5. The van der Waals surface area contributed by atoms with Gasteiger partial charge in [-0.1, -0.05) is 162 Å². The minimum atomic E-state index is -0.338. The third-order valence-corrected chi connectivity index (χ3v) is 16.9. The maximum absolute atomic E-state index is 7.07. The van der Waals surface area contributed by atoms with E-state index in [4.69, 9.17) is 8.83 Å². The fourth-order valence-corrected chi connectivity index (χ4v) is 13.8. The van der Waals surface area contributed by atoms with Gasteiger partial charge in [-0.05, 0) is 148 Å². The number of rotatable bonds is 4. The largest absolute Gasteiger partial charge is 0.455 e. The van der Waals surface area contributed by atoms with E-state index in [0.717, 1.165) is 44.7 Å². The summed E-state index contributed by atoms with van der Waals surface area (Å²) in [5, 5.41) is 4.76. The average Bonchev–Trinajstić information content (AvgIpc) is 4.09. The second kappa shape index (κ2) is 13.8. The SMILES string of the molecule is Cc1cccc(-c2cc3c(c4c2oc2ccccc24)-c2ccc(N(c4ccc5c(c4)C(C)(C)c4c6c(c7c(oc8ccccc87)c4-5)-c4ccccc4C6(C)C)c4c(C)cc(C)cc4C)cc2C3(C)C)c1. The number of hydrogen-bond acceptors (Lipinski definition) is 3. The quantitative estimate of drug-likeness (QED) is 0.176. The first-order chi connectivity index (χ1) is 33.6. The molecule has 0 amide bonds. The topological polar surface area (TPSA) is 29.5 Å². The van der Waals surface area contributed by atoms with Gasteiger partial charge in [-0.3, -0.25) is 0 Å². The Kier molecular flexibility index (Phi) is 8.15. The molecule has 70 heavy (non-hydrogen) atoms. The molecule has 0 N–H and O–H groups in total. The van der Waals surface area contributed by atoms with E-state index < -0.39 is 0 Å². The highest BCUT2D eigenvalue weighted by molar-refractivity contribution is 6.21.